The molecule has 31 heavy (non-hydrogen) atoms. The third-order valence-electron chi connectivity index (χ3n) is 6.12. The van der Waals surface area contributed by atoms with Gasteiger partial charge in [-0.2, -0.15) is 9.59 Å². The monoisotopic (exact) mass is 443 g/mol. The van der Waals surface area contributed by atoms with Crippen molar-refractivity contribution in [2.75, 3.05) is 0 Å². The third-order valence-corrected chi connectivity index (χ3v) is 6.37. The van der Waals surface area contributed by atoms with Crippen LogP contribution in [0.4, 0.5) is 0 Å². The predicted octanol–water partition coefficient (Wildman–Crippen LogP) is 4.35. The molecule has 1 unspecified atom stereocenters. The van der Waals surface area contributed by atoms with E-state index in [0.717, 1.165) is 36.6 Å². The van der Waals surface area contributed by atoms with Crippen LogP contribution in [0, 0.1) is 11.8 Å². The number of carbonyl (C=O) groups excluding carboxylic acids is 2. The molecule has 166 valence electrons. The van der Waals surface area contributed by atoms with E-state index in [2.05, 4.69) is 36.4 Å². The second-order valence-corrected chi connectivity index (χ2v) is 8.75. The molecule has 1 saturated carbocycles. The molecule has 2 aromatic carbocycles. The fourth-order valence-electron chi connectivity index (χ4n) is 4.32. The van der Waals surface area contributed by atoms with Gasteiger partial charge in [-0.1, -0.05) is 60.8 Å². The molecule has 0 spiro atoms. The number of aryl methyl sites for hydroxylation is 1. The summed E-state index contributed by atoms with van der Waals surface area (Å²) in [5, 5.41) is 18.6. The zero-order valence-electron chi connectivity index (χ0n) is 17.8. The SMILES string of the molecule is NC(CCCCB(O)O)C1CC(CCc2ccccc2-c2ccc(Cl)cc2)C1.O=C=O. The second-order valence-electron chi connectivity index (χ2n) is 8.31. The van der Waals surface area contributed by atoms with Crippen molar-refractivity contribution >= 4 is 24.9 Å². The van der Waals surface area contributed by atoms with Crippen molar-refractivity contribution in [2.45, 2.75) is 57.3 Å². The smallest absolute Gasteiger partial charge is 0.427 e. The molecule has 1 aliphatic carbocycles. The maximum absolute atomic E-state index is 8.89. The van der Waals surface area contributed by atoms with E-state index in [4.69, 9.17) is 37.0 Å². The molecular weight excluding hydrogens is 413 g/mol. The fourth-order valence-corrected chi connectivity index (χ4v) is 4.45. The summed E-state index contributed by atoms with van der Waals surface area (Å²) in [5.74, 6) is 1.41. The normalized spacial score (nSPS) is 18.2. The number of unbranched alkanes of at least 4 members (excludes halogenated alkanes) is 1. The maximum Gasteiger partial charge on any atom is 0.451 e. The summed E-state index contributed by atoms with van der Waals surface area (Å²) >= 11 is 6.03. The zero-order valence-corrected chi connectivity index (χ0v) is 18.5. The van der Waals surface area contributed by atoms with E-state index in [-0.39, 0.29) is 12.2 Å². The quantitative estimate of drug-likeness (QED) is 0.374. The highest BCUT2D eigenvalue weighted by molar-refractivity contribution is 6.40. The van der Waals surface area contributed by atoms with Gasteiger partial charge < -0.3 is 15.8 Å². The Bertz CT molecular complexity index is 819. The van der Waals surface area contributed by atoms with E-state index in [1.807, 2.05) is 12.1 Å². The van der Waals surface area contributed by atoms with Crippen LogP contribution in [-0.4, -0.2) is 29.4 Å². The topological polar surface area (TPSA) is 101 Å². The van der Waals surface area contributed by atoms with Gasteiger partial charge in [0.2, 0.25) is 0 Å². The van der Waals surface area contributed by atoms with Crippen molar-refractivity contribution in [1.82, 2.24) is 0 Å². The van der Waals surface area contributed by atoms with Gasteiger partial charge in [-0.05, 0) is 79.1 Å². The summed E-state index contributed by atoms with van der Waals surface area (Å²) in [6, 6.07) is 17.0. The molecular formula is C24H31BClNO4. The Morgan fingerprint density at radius 3 is 2.35 bits per heavy atom. The van der Waals surface area contributed by atoms with Gasteiger partial charge in [-0.3, -0.25) is 0 Å². The van der Waals surface area contributed by atoms with Crippen molar-refractivity contribution in [3.63, 3.8) is 0 Å². The molecule has 5 nitrogen and oxygen atoms in total. The second kappa shape index (κ2) is 13.5. The first-order chi connectivity index (χ1) is 14.9. The molecule has 0 bridgehead atoms. The van der Waals surface area contributed by atoms with E-state index in [0.29, 0.717) is 12.2 Å². The average molecular weight is 444 g/mol. The first-order valence-corrected chi connectivity index (χ1v) is 11.3. The number of hydrogen-bond acceptors (Lipinski definition) is 5. The van der Waals surface area contributed by atoms with Crippen LogP contribution >= 0.6 is 11.6 Å². The van der Waals surface area contributed by atoms with Gasteiger partial charge in [0.1, 0.15) is 0 Å². The molecule has 3 rings (SSSR count). The van der Waals surface area contributed by atoms with E-state index < -0.39 is 7.12 Å². The number of halogens is 1. The molecule has 0 aromatic heterocycles. The Morgan fingerprint density at radius 2 is 1.71 bits per heavy atom. The molecule has 4 N–H and O–H groups in total. The number of hydrogen-bond donors (Lipinski definition) is 3. The van der Waals surface area contributed by atoms with Crippen LogP contribution < -0.4 is 5.73 Å². The number of benzene rings is 2. The van der Waals surface area contributed by atoms with Crippen LogP contribution in [0.5, 0.6) is 0 Å². The van der Waals surface area contributed by atoms with Crippen LogP contribution in [-0.2, 0) is 16.0 Å². The van der Waals surface area contributed by atoms with E-state index >= 15 is 0 Å². The zero-order chi connectivity index (χ0) is 22.6. The Hall–Kier alpha value is -1.95. The Kier molecular flexibility index (Phi) is 11.0. The first kappa shape index (κ1) is 25.3. The lowest BCUT2D eigenvalue weighted by Gasteiger charge is -2.39. The summed E-state index contributed by atoms with van der Waals surface area (Å²) in [5.41, 5.74) is 10.3. The van der Waals surface area contributed by atoms with Crippen LogP contribution in [0.15, 0.2) is 48.5 Å². The van der Waals surface area contributed by atoms with Gasteiger partial charge in [0.15, 0.2) is 0 Å². The summed E-state index contributed by atoms with van der Waals surface area (Å²) < 4.78 is 0. The van der Waals surface area contributed by atoms with Crippen molar-refractivity contribution < 1.29 is 19.6 Å². The molecule has 0 saturated heterocycles. The molecule has 0 heterocycles. The van der Waals surface area contributed by atoms with Crippen molar-refractivity contribution in [2.24, 2.45) is 17.6 Å². The molecule has 1 atom stereocenters. The minimum absolute atomic E-state index is 0.250. The van der Waals surface area contributed by atoms with Gasteiger partial charge in [0, 0.05) is 11.1 Å². The molecule has 2 aromatic rings. The van der Waals surface area contributed by atoms with E-state index in [1.54, 1.807) is 0 Å². The highest BCUT2D eigenvalue weighted by Crippen LogP contribution is 2.40. The van der Waals surface area contributed by atoms with Gasteiger partial charge >= 0.3 is 13.3 Å². The minimum Gasteiger partial charge on any atom is -0.427 e. The van der Waals surface area contributed by atoms with Gasteiger partial charge in [0.05, 0.1) is 0 Å². The van der Waals surface area contributed by atoms with Crippen molar-refractivity contribution in [3.05, 3.63) is 59.1 Å². The highest BCUT2D eigenvalue weighted by atomic mass is 35.5. The first-order valence-electron chi connectivity index (χ1n) is 10.9. The largest absolute Gasteiger partial charge is 0.451 e. The van der Waals surface area contributed by atoms with Crippen LogP contribution in [0.3, 0.4) is 0 Å². The molecule has 7 heteroatoms. The average Bonchev–Trinajstić information content (AvgIpc) is 2.71. The van der Waals surface area contributed by atoms with Crippen LogP contribution in [0.1, 0.15) is 44.1 Å². The van der Waals surface area contributed by atoms with E-state index in [9.17, 15) is 0 Å². The minimum atomic E-state index is -1.18. The maximum atomic E-state index is 8.89. The molecule has 1 fully saturated rings. The standard InChI is InChI=1S/C23H31BClNO2.CO2/c25-21-12-10-19(11-13-21)22-6-2-1-5-18(22)9-8-17-15-20(16-17)23(26)7-3-4-14-24(27)28;2-1-3/h1-2,5-6,10-13,17,20,23,27-28H,3-4,7-9,14-16,26H2;. The summed E-state index contributed by atoms with van der Waals surface area (Å²) in [7, 11) is -1.18. The van der Waals surface area contributed by atoms with Gasteiger partial charge in [0.25, 0.3) is 0 Å². The third kappa shape index (κ3) is 8.60. The summed E-state index contributed by atoms with van der Waals surface area (Å²) in [6.45, 7) is 0. The van der Waals surface area contributed by atoms with Gasteiger partial charge in [-0.15, -0.1) is 0 Å². The Labute approximate surface area is 189 Å². The Morgan fingerprint density at radius 1 is 1.06 bits per heavy atom. The highest BCUT2D eigenvalue weighted by Gasteiger charge is 2.32. The molecule has 1 aliphatic rings. The van der Waals surface area contributed by atoms with Crippen molar-refractivity contribution in [3.8, 4) is 11.1 Å². The molecule has 0 aliphatic heterocycles. The van der Waals surface area contributed by atoms with Gasteiger partial charge in [-0.25, -0.2) is 0 Å². The number of rotatable bonds is 10. The lowest BCUT2D eigenvalue weighted by atomic mass is 9.68. The summed E-state index contributed by atoms with van der Waals surface area (Å²) in [4.78, 5) is 16.2. The lowest BCUT2D eigenvalue weighted by molar-refractivity contribution is -0.191. The number of nitrogens with two attached hydrogens (primary N) is 1. The Balaban J connectivity index is 0.00000107. The van der Waals surface area contributed by atoms with E-state index in [1.165, 1.54) is 36.0 Å². The lowest BCUT2D eigenvalue weighted by Crippen LogP contribution is -2.39. The molecule has 0 radical (unpaired) electrons. The fraction of sp³-hybridized carbons (Fsp3) is 0.458. The predicted molar refractivity (Wildman–Crippen MR) is 123 cm³/mol. The molecule has 0 amide bonds. The van der Waals surface area contributed by atoms with Crippen molar-refractivity contribution in [1.29, 1.82) is 0 Å². The summed E-state index contributed by atoms with van der Waals surface area (Å²) in [6.07, 6.45) is 8.28. The van der Waals surface area contributed by atoms with Crippen LogP contribution in [0.25, 0.3) is 11.1 Å². The van der Waals surface area contributed by atoms with Crippen LogP contribution in [0.2, 0.25) is 11.3 Å².